The summed E-state index contributed by atoms with van der Waals surface area (Å²) >= 11 is 0. The Balaban J connectivity index is 1.69. The molecule has 1 fully saturated rings. The van der Waals surface area contributed by atoms with Gasteiger partial charge in [-0.05, 0) is 66.8 Å². The molecule has 0 radical (unpaired) electrons. The van der Waals surface area contributed by atoms with Gasteiger partial charge in [0.15, 0.2) is 0 Å². The fourth-order valence-corrected chi connectivity index (χ4v) is 3.82. The molecule has 6 nitrogen and oxygen atoms in total. The number of piperidine rings is 1. The number of hydrogen-bond acceptors (Lipinski definition) is 6. The number of ether oxygens (including phenoxy) is 1. The van der Waals surface area contributed by atoms with Gasteiger partial charge in [0.2, 0.25) is 0 Å². The summed E-state index contributed by atoms with van der Waals surface area (Å²) in [6.07, 6.45) is 2.07. The van der Waals surface area contributed by atoms with E-state index in [2.05, 4.69) is 10.3 Å². The summed E-state index contributed by atoms with van der Waals surface area (Å²) in [5.41, 5.74) is 15.6. The summed E-state index contributed by atoms with van der Waals surface area (Å²) in [4.78, 5) is 4.43. The van der Waals surface area contributed by atoms with Crippen LogP contribution in [0.15, 0.2) is 48.5 Å². The van der Waals surface area contributed by atoms with Crippen molar-refractivity contribution in [3.05, 3.63) is 65.5 Å². The van der Waals surface area contributed by atoms with E-state index in [0.717, 1.165) is 37.1 Å². The minimum Gasteiger partial charge on any atom is -0.507 e. The summed E-state index contributed by atoms with van der Waals surface area (Å²) in [5.74, 6) is 0.667. The number of aromatic hydroxyl groups is 1. The van der Waals surface area contributed by atoms with Gasteiger partial charge in [-0.25, -0.2) is 9.37 Å². The van der Waals surface area contributed by atoms with Gasteiger partial charge in [-0.15, -0.1) is 0 Å². The molecule has 1 saturated heterocycles. The number of benzene rings is 2. The standard InChI is InChI=1S/C23H25FN4O2/c24-16-8-6-14(7-9-16)13-30-20-5-1-4-19(29)21(20)18-11-17(22(25)23(26)28-18)15-3-2-10-27-12-15/h1,4-9,11,15,27,29H,2-3,10,12-13,25H2,(H2,26,28). The molecular formula is C23H25FN4O2. The molecule has 1 atom stereocenters. The van der Waals surface area contributed by atoms with E-state index in [1.807, 2.05) is 6.07 Å². The van der Waals surface area contributed by atoms with Crippen molar-refractivity contribution in [1.82, 2.24) is 10.3 Å². The van der Waals surface area contributed by atoms with Crippen LogP contribution < -0.4 is 21.5 Å². The number of pyridine rings is 1. The Hall–Kier alpha value is -3.32. The number of rotatable bonds is 5. The van der Waals surface area contributed by atoms with Crippen LogP contribution in [-0.2, 0) is 6.61 Å². The quantitative estimate of drug-likeness (QED) is 0.512. The SMILES string of the molecule is Nc1nc(-c2c(O)cccc2OCc2ccc(F)cc2)cc(C2CCCNC2)c1N. The Kier molecular flexibility index (Phi) is 5.72. The first-order chi connectivity index (χ1) is 14.5. The predicted molar refractivity (Wildman–Crippen MR) is 116 cm³/mol. The van der Waals surface area contributed by atoms with E-state index in [0.29, 0.717) is 22.7 Å². The van der Waals surface area contributed by atoms with Crippen LogP contribution in [0.5, 0.6) is 11.5 Å². The van der Waals surface area contributed by atoms with Crippen LogP contribution in [0.1, 0.15) is 29.9 Å². The maximum absolute atomic E-state index is 13.1. The van der Waals surface area contributed by atoms with Crippen molar-refractivity contribution < 1.29 is 14.2 Å². The smallest absolute Gasteiger partial charge is 0.147 e. The van der Waals surface area contributed by atoms with E-state index in [1.165, 1.54) is 12.1 Å². The second-order valence-electron chi connectivity index (χ2n) is 7.50. The molecule has 1 aliphatic rings. The van der Waals surface area contributed by atoms with Crippen LogP contribution in [0.25, 0.3) is 11.3 Å². The van der Waals surface area contributed by atoms with Crippen molar-refractivity contribution in [3.8, 4) is 22.8 Å². The van der Waals surface area contributed by atoms with Gasteiger partial charge in [-0.2, -0.15) is 0 Å². The third-order valence-corrected chi connectivity index (χ3v) is 5.42. The first kappa shape index (κ1) is 20.0. The van der Waals surface area contributed by atoms with Crippen LogP contribution in [-0.4, -0.2) is 23.2 Å². The maximum atomic E-state index is 13.1. The van der Waals surface area contributed by atoms with Crippen LogP contribution in [0.3, 0.4) is 0 Å². The average molecular weight is 408 g/mol. The molecule has 1 aliphatic heterocycles. The van der Waals surface area contributed by atoms with Crippen molar-refractivity contribution in [2.45, 2.75) is 25.4 Å². The average Bonchev–Trinajstić information content (AvgIpc) is 2.76. The lowest BCUT2D eigenvalue weighted by molar-refractivity contribution is 0.305. The van der Waals surface area contributed by atoms with Crippen molar-refractivity contribution in [3.63, 3.8) is 0 Å². The Morgan fingerprint density at radius 3 is 2.70 bits per heavy atom. The largest absolute Gasteiger partial charge is 0.507 e. The third-order valence-electron chi connectivity index (χ3n) is 5.42. The number of nitrogens with two attached hydrogens (primary N) is 2. The van der Waals surface area contributed by atoms with E-state index in [-0.39, 0.29) is 29.9 Å². The fraction of sp³-hybridized carbons (Fsp3) is 0.261. The maximum Gasteiger partial charge on any atom is 0.147 e. The molecule has 0 saturated carbocycles. The highest BCUT2D eigenvalue weighted by molar-refractivity contribution is 5.78. The molecule has 6 N–H and O–H groups in total. The molecular weight excluding hydrogens is 383 g/mol. The second kappa shape index (κ2) is 8.59. The molecule has 1 unspecified atom stereocenters. The van der Waals surface area contributed by atoms with Crippen molar-refractivity contribution in [2.24, 2.45) is 0 Å². The van der Waals surface area contributed by atoms with Gasteiger partial charge in [-0.1, -0.05) is 18.2 Å². The summed E-state index contributed by atoms with van der Waals surface area (Å²) in [6, 6.07) is 13.0. The van der Waals surface area contributed by atoms with Crippen molar-refractivity contribution in [1.29, 1.82) is 0 Å². The Labute approximate surface area is 174 Å². The zero-order valence-corrected chi connectivity index (χ0v) is 16.6. The number of nitrogens with zero attached hydrogens (tertiary/aromatic N) is 1. The molecule has 2 aromatic carbocycles. The highest BCUT2D eigenvalue weighted by Gasteiger charge is 2.22. The van der Waals surface area contributed by atoms with Gasteiger partial charge < -0.3 is 26.6 Å². The van der Waals surface area contributed by atoms with E-state index in [1.54, 1.807) is 30.3 Å². The second-order valence-corrected chi connectivity index (χ2v) is 7.50. The Bertz CT molecular complexity index is 1030. The lowest BCUT2D eigenvalue weighted by Gasteiger charge is -2.25. The van der Waals surface area contributed by atoms with E-state index < -0.39 is 0 Å². The molecule has 2 heterocycles. The number of phenols is 1. The number of hydrogen-bond donors (Lipinski definition) is 4. The summed E-state index contributed by atoms with van der Waals surface area (Å²) < 4.78 is 19.1. The lowest BCUT2D eigenvalue weighted by Crippen LogP contribution is -2.29. The molecule has 156 valence electrons. The summed E-state index contributed by atoms with van der Waals surface area (Å²) in [5, 5.41) is 14.0. The molecule has 4 rings (SSSR count). The molecule has 30 heavy (non-hydrogen) atoms. The molecule has 0 amide bonds. The summed E-state index contributed by atoms with van der Waals surface area (Å²) in [7, 11) is 0. The number of halogens is 1. The van der Waals surface area contributed by atoms with Crippen molar-refractivity contribution in [2.75, 3.05) is 24.6 Å². The van der Waals surface area contributed by atoms with Crippen LogP contribution >= 0.6 is 0 Å². The van der Waals surface area contributed by atoms with Crippen LogP contribution in [0.2, 0.25) is 0 Å². The molecule has 0 bridgehead atoms. The number of aromatic nitrogens is 1. The highest BCUT2D eigenvalue weighted by Crippen LogP contribution is 2.41. The zero-order chi connectivity index (χ0) is 21.1. The van der Waals surface area contributed by atoms with E-state index in [9.17, 15) is 9.50 Å². The monoisotopic (exact) mass is 408 g/mol. The molecule has 3 aromatic rings. The van der Waals surface area contributed by atoms with Crippen LogP contribution in [0, 0.1) is 5.82 Å². The van der Waals surface area contributed by atoms with Gasteiger partial charge in [0.25, 0.3) is 0 Å². The topological polar surface area (TPSA) is 106 Å². The number of nitrogens with one attached hydrogen (secondary N) is 1. The normalized spacial score (nSPS) is 16.4. The molecule has 0 spiro atoms. The Morgan fingerprint density at radius 2 is 1.97 bits per heavy atom. The van der Waals surface area contributed by atoms with Crippen molar-refractivity contribution >= 4 is 11.5 Å². The molecule has 0 aliphatic carbocycles. The third kappa shape index (κ3) is 4.16. The number of anilines is 2. The van der Waals surface area contributed by atoms with E-state index in [4.69, 9.17) is 16.2 Å². The summed E-state index contributed by atoms with van der Waals surface area (Å²) in [6.45, 7) is 2.03. The van der Waals surface area contributed by atoms with Gasteiger partial charge in [0, 0.05) is 6.54 Å². The Morgan fingerprint density at radius 1 is 1.17 bits per heavy atom. The highest BCUT2D eigenvalue weighted by atomic mass is 19.1. The molecule has 7 heteroatoms. The molecule has 1 aromatic heterocycles. The minimum atomic E-state index is -0.303. The first-order valence-electron chi connectivity index (χ1n) is 9.99. The van der Waals surface area contributed by atoms with Gasteiger partial charge in [-0.3, -0.25) is 0 Å². The van der Waals surface area contributed by atoms with Crippen LogP contribution in [0.4, 0.5) is 15.9 Å². The number of phenolic OH excluding ortho intramolecular Hbond substituents is 1. The fourth-order valence-electron chi connectivity index (χ4n) is 3.82. The zero-order valence-electron chi connectivity index (χ0n) is 16.6. The first-order valence-corrected chi connectivity index (χ1v) is 9.99. The minimum absolute atomic E-state index is 0.0380. The van der Waals surface area contributed by atoms with Gasteiger partial charge in [0.1, 0.15) is 29.7 Å². The predicted octanol–water partition coefficient (Wildman–Crippen LogP) is 3.80. The number of nitrogen functional groups attached to an aromatic ring is 2. The van der Waals surface area contributed by atoms with Gasteiger partial charge >= 0.3 is 0 Å². The van der Waals surface area contributed by atoms with E-state index >= 15 is 0 Å². The lowest BCUT2D eigenvalue weighted by atomic mass is 9.89. The van der Waals surface area contributed by atoms with Gasteiger partial charge in [0.05, 0.1) is 16.9 Å².